The molecule has 3 nitrogen and oxygen atoms in total. The van der Waals surface area contributed by atoms with E-state index in [2.05, 4.69) is 21.5 Å². The van der Waals surface area contributed by atoms with Gasteiger partial charge in [-0.3, -0.25) is 0 Å². The van der Waals surface area contributed by atoms with Crippen molar-refractivity contribution in [2.24, 2.45) is 0 Å². The van der Waals surface area contributed by atoms with Crippen LogP contribution in [0.15, 0.2) is 54.6 Å². The molecule has 0 fully saturated rings. The van der Waals surface area contributed by atoms with Crippen LogP contribution in [0.3, 0.4) is 0 Å². The van der Waals surface area contributed by atoms with E-state index in [1.807, 2.05) is 42.5 Å². The number of methoxy groups -OCH3 is 1. The third-order valence-corrected chi connectivity index (χ3v) is 3.81. The summed E-state index contributed by atoms with van der Waals surface area (Å²) in [6.45, 7) is 0. The standard InChI is InChI=1S/C16H14N2OS/c1-19-14-9-7-12(8-10-14)11-15-17-16(20-18-15)13-5-3-2-4-6-13/h2-10H,11H2,1H3. The summed E-state index contributed by atoms with van der Waals surface area (Å²) in [5.74, 6) is 1.73. The molecule has 0 spiro atoms. The number of hydrogen-bond acceptors (Lipinski definition) is 4. The lowest BCUT2D eigenvalue weighted by Gasteiger charge is -2.01. The molecule has 0 radical (unpaired) electrons. The highest BCUT2D eigenvalue weighted by Gasteiger charge is 2.07. The average Bonchev–Trinajstić information content (AvgIpc) is 2.97. The van der Waals surface area contributed by atoms with E-state index in [4.69, 9.17) is 4.74 Å². The normalized spacial score (nSPS) is 10.4. The van der Waals surface area contributed by atoms with Crippen LogP contribution in [0.4, 0.5) is 0 Å². The molecule has 0 N–H and O–H groups in total. The highest BCUT2D eigenvalue weighted by Crippen LogP contribution is 2.22. The van der Waals surface area contributed by atoms with Crippen LogP contribution in [0.1, 0.15) is 11.4 Å². The van der Waals surface area contributed by atoms with E-state index in [1.54, 1.807) is 7.11 Å². The fourth-order valence-corrected chi connectivity index (χ4v) is 2.63. The first kappa shape index (κ1) is 12.8. The van der Waals surface area contributed by atoms with Gasteiger partial charge in [-0.2, -0.15) is 4.37 Å². The lowest BCUT2D eigenvalue weighted by molar-refractivity contribution is 0.414. The summed E-state index contributed by atoms with van der Waals surface area (Å²) in [7, 11) is 1.67. The molecule has 3 rings (SSSR count). The first-order chi connectivity index (χ1) is 9.85. The molecule has 0 saturated heterocycles. The van der Waals surface area contributed by atoms with Gasteiger partial charge in [0, 0.05) is 12.0 Å². The van der Waals surface area contributed by atoms with Crippen molar-refractivity contribution in [3.8, 4) is 16.3 Å². The monoisotopic (exact) mass is 282 g/mol. The number of nitrogens with zero attached hydrogens (tertiary/aromatic N) is 2. The van der Waals surface area contributed by atoms with Crippen LogP contribution in [-0.4, -0.2) is 16.5 Å². The van der Waals surface area contributed by atoms with Crippen LogP contribution < -0.4 is 4.74 Å². The molecule has 3 aromatic rings. The lowest BCUT2D eigenvalue weighted by Crippen LogP contribution is -1.91. The van der Waals surface area contributed by atoms with Gasteiger partial charge in [-0.1, -0.05) is 42.5 Å². The highest BCUT2D eigenvalue weighted by atomic mass is 32.1. The molecule has 0 atom stereocenters. The van der Waals surface area contributed by atoms with Gasteiger partial charge in [-0.15, -0.1) is 0 Å². The number of aromatic nitrogens is 2. The van der Waals surface area contributed by atoms with Gasteiger partial charge in [0.15, 0.2) is 0 Å². The predicted octanol–water partition coefficient (Wildman–Crippen LogP) is 3.80. The summed E-state index contributed by atoms with van der Waals surface area (Å²) >= 11 is 1.44. The van der Waals surface area contributed by atoms with Gasteiger partial charge in [0.05, 0.1) is 7.11 Å². The predicted molar refractivity (Wildman–Crippen MR) is 81.1 cm³/mol. The molecule has 1 aromatic heterocycles. The molecule has 1 heterocycles. The third kappa shape index (κ3) is 2.86. The second-order valence-corrected chi connectivity index (χ2v) is 5.16. The minimum absolute atomic E-state index is 0.743. The van der Waals surface area contributed by atoms with E-state index >= 15 is 0 Å². The van der Waals surface area contributed by atoms with E-state index < -0.39 is 0 Å². The zero-order valence-corrected chi connectivity index (χ0v) is 11.9. The van der Waals surface area contributed by atoms with Crippen molar-refractivity contribution in [3.05, 3.63) is 66.0 Å². The number of ether oxygens (including phenoxy) is 1. The van der Waals surface area contributed by atoms with Crippen LogP contribution in [0, 0.1) is 0 Å². The minimum Gasteiger partial charge on any atom is -0.497 e. The second kappa shape index (κ2) is 5.84. The van der Waals surface area contributed by atoms with Gasteiger partial charge in [0.2, 0.25) is 0 Å². The van der Waals surface area contributed by atoms with Gasteiger partial charge in [0.25, 0.3) is 0 Å². The smallest absolute Gasteiger partial charge is 0.147 e. The van der Waals surface area contributed by atoms with Crippen LogP contribution in [0.5, 0.6) is 5.75 Å². The molecule has 0 amide bonds. The molecule has 0 unspecified atom stereocenters. The SMILES string of the molecule is COc1ccc(Cc2nsc(-c3ccccc3)n2)cc1. The van der Waals surface area contributed by atoms with E-state index in [0.717, 1.165) is 28.6 Å². The van der Waals surface area contributed by atoms with Crippen molar-refractivity contribution < 1.29 is 4.74 Å². The van der Waals surface area contributed by atoms with E-state index in [-0.39, 0.29) is 0 Å². The molecular formula is C16H14N2OS. The summed E-state index contributed by atoms with van der Waals surface area (Å²) in [6, 6.07) is 18.1. The van der Waals surface area contributed by atoms with Gasteiger partial charge >= 0.3 is 0 Å². The van der Waals surface area contributed by atoms with E-state index in [0.29, 0.717) is 0 Å². The van der Waals surface area contributed by atoms with Crippen molar-refractivity contribution in [1.82, 2.24) is 9.36 Å². The Kier molecular flexibility index (Phi) is 3.74. The quantitative estimate of drug-likeness (QED) is 0.730. The number of benzene rings is 2. The second-order valence-electron chi connectivity index (χ2n) is 4.41. The fraction of sp³-hybridized carbons (Fsp3) is 0.125. The van der Waals surface area contributed by atoms with Gasteiger partial charge in [0.1, 0.15) is 16.6 Å². The Hall–Kier alpha value is -2.20. The van der Waals surface area contributed by atoms with Gasteiger partial charge in [-0.05, 0) is 29.2 Å². The molecule has 100 valence electrons. The first-order valence-electron chi connectivity index (χ1n) is 6.36. The largest absolute Gasteiger partial charge is 0.497 e. The maximum Gasteiger partial charge on any atom is 0.147 e. The van der Waals surface area contributed by atoms with Crippen LogP contribution >= 0.6 is 11.5 Å². The van der Waals surface area contributed by atoms with Crippen molar-refractivity contribution in [2.45, 2.75) is 6.42 Å². The molecule has 2 aromatic carbocycles. The Bertz CT molecular complexity index is 677. The van der Waals surface area contributed by atoms with Crippen LogP contribution in [0.25, 0.3) is 10.6 Å². The van der Waals surface area contributed by atoms with Crippen LogP contribution in [0.2, 0.25) is 0 Å². The molecule has 20 heavy (non-hydrogen) atoms. The van der Waals surface area contributed by atoms with Gasteiger partial charge in [-0.25, -0.2) is 4.98 Å². The number of rotatable bonds is 4. The maximum absolute atomic E-state index is 5.15. The van der Waals surface area contributed by atoms with Crippen LogP contribution in [-0.2, 0) is 6.42 Å². The molecule has 0 aliphatic carbocycles. The summed E-state index contributed by atoms with van der Waals surface area (Å²) in [6.07, 6.45) is 0.743. The Morgan fingerprint density at radius 1 is 1.00 bits per heavy atom. The van der Waals surface area contributed by atoms with E-state index in [1.165, 1.54) is 17.1 Å². The zero-order chi connectivity index (χ0) is 13.8. The highest BCUT2D eigenvalue weighted by molar-refractivity contribution is 7.09. The lowest BCUT2D eigenvalue weighted by atomic mass is 10.1. The van der Waals surface area contributed by atoms with Crippen molar-refractivity contribution in [3.63, 3.8) is 0 Å². The molecule has 4 heteroatoms. The molecule has 0 bridgehead atoms. The third-order valence-electron chi connectivity index (χ3n) is 3.01. The molecular weight excluding hydrogens is 268 g/mol. The average molecular weight is 282 g/mol. The fourth-order valence-electron chi connectivity index (χ4n) is 1.95. The summed E-state index contributed by atoms with van der Waals surface area (Å²) in [5.41, 5.74) is 2.30. The molecule has 0 saturated carbocycles. The molecule has 0 aliphatic rings. The first-order valence-corrected chi connectivity index (χ1v) is 7.13. The zero-order valence-electron chi connectivity index (χ0n) is 11.1. The number of hydrogen-bond donors (Lipinski definition) is 0. The maximum atomic E-state index is 5.15. The molecule has 0 aliphatic heterocycles. The van der Waals surface area contributed by atoms with Gasteiger partial charge < -0.3 is 4.74 Å². The summed E-state index contributed by atoms with van der Waals surface area (Å²) < 4.78 is 9.58. The van der Waals surface area contributed by atoms with Crippen molar-refractivity contribution in [1.29, 1.82) is 0 Å². The Morgan fingerprint density at radius 3 is 2.45 bits per heavy atom. The summed E-state index contributed by atoms with van der Waals surface area (Å²) in [4.78, 5) is 4.59. The van der Waals surface area contributed by atoms with Crippen molar-refractivity contribution >= 4 is 11.5 Å². The summed E-state index contributed by atoms with van der Waals surface area (Å²) in [5, 5.41) is 0.967. The Morgan fingerprint density at radius 2 is 1.75 bits per heavy atom. The Labute approximate surface area is 122 Å². The minimum atomic E-state index is 0.743. The van der Waals surface area contributed by atoms with E-state index in [9.17, 15) is 0 Å². The Balaban J connectivity index is 1.77. The van der Waals surface area contributed by atoms with Crippen molar-refractivity contribution in [2.75, 3.05) is 7.11 Å². The topological polar surface area (TPSA) is 35.0 Å².